The third kappa shape index (κ3) is 2.68. The average Bonchev–Trinajstić information content (AvgIpc) is 3.05. The fourth-order valence-corrected chi connectivity index (χ4v) is 3.93. The Labute approximate surface area is 119 Å². The van der Waals surface area contributed by atoms with E-state index in [1.165, 1.54) is 5.56 Å². The fraction of sp³-hybridized carbons (Fsp3) is 0.571. The second kappa shape index (κ2) is 5.02. The Morgan fingerprint density at radius 2 is 2.30 bits per heavy atom. The molecule has 0 saturated carbocycles. The molecule has 2 aliphatic heterocycles. The van der Waals surface area contributed by atoms with Crippen LogP contribution in [-0.2, 0) is 21.2 Å². The zero-order valence-corrected chi connectivity index (χ0v) is 12.4. The normalized spacial score (nSPS) is 25.4. The molecule has 2 aliphatic rings. The molecule has 2 N–H and O–H groups in total. The summed E-state index contributed by atoms with van der Waals surface area (Å²) >= 11 is 0. The standard InChI is InChI=1S/C14H20N2O3S/c1-14(6-2-8-19-14)10-16-20(17,18)12-4-3-11-5-7-15-13(11)9-12/h3-4,9,15-16H,2,5-8,10H2,1H3. The van der Waals surface area contributed by atoms with Gasteiger partial charge in [0, 0.05) is 25.4 Å². The Morgan fingerprint density at radius 1 is 1.45 bits per heavy atom. The summed E-state index contributed by atoms with van der Waals surface area (Å²) in [7, 11) is -3.48. The van der Waals surface area contributed by atoms with Gasteiger partial charge in [0.05, 0.1) is 10.5 Å². The van der Waals surface area contributed by atoms with Crippen molar-refractivity contribution in [2.24, 2.45) is 0 Å². The summed E-state index contributed by atoms with van der Waals surface area (Å²) in [4.78, 5) is 0.312. The molecular weight excluding hydrogens is 276 g/mol. The average molecular weight is 296 g/mol. The van der Waals surface area contributed by atoms with E-state index in [4.69, 9.17) is 4.74 Å². The predicted molar refractivity (Wildman–Crippen MR) is 77.4 cm³/mol. The molecule has 0 bridgehead atoms. The largest absolute Gasteiger partial charge is 0.384 e. The number of rotatable bonds is 4. The van der Waals surface area contributed by atoms with Crippen molar-refractivity contribution in [3.63, 3.8) is 0 Å². The van der Waals surface area contributed by atoms with Gasteiger partial charge in [-0.15, -0.1) is 0 Å². The van der Waals surface area contributed by atoms with E-state index in [1.807, 2.05) is 13.0 Å². The molecule has 1 saturated heterocycles. The van der Waals surface area contributed by atoms with Crippen LogP contribution in [0.3, 0.4) is 0 Å². The van der Waals surface area contributed by atoms with Gasteiger partial charge in [0.2, 0.25) is 10.0 Å². The van der Waals surface area contributed by atoms with Crippen molar-refractivity contribution in [2.45, 2.75) is 36.7 Å². The van der Waals surface area contributed by atoms with Gasteiger partial charge < -0.3 is 10.1 Å². The Bertz CT molecular complexity index is 607. The second-order valence-corrected chi connectivity index (χ2v) is 7.49. The van der Waals surface area contributed by atoms with E-state index < -0.39 is 10.0 Å². The van der Waals surface area contributed by atoms with Crippen LogP contribution in [-0.4, -0.2) is 33.7 Å². The highest BCUT2D eigenvalue weighted by Gasteiger charge is 2.31. The summed E-state index contributed by atoms with van der Waals surface area (Å²) in [5, 5.41) is 3.20. The van der Waals surface area contributed by atoms with Crippen LogP contribution in [0.1, 0.15) is 25.3 Å². The summed E-state index contributed by atoms with van der Waals surface area (Å²) < 4.78 is 32.9. The molecule has 20 heavy (non-hydrogen) atoms. The summed E-state index contributed by atoms with van der Waals surface area (Å²) in [5.41, 5.74) is 1.73. The number of ether oxygens (including phenoxy) is 1. The molecule has 2 heterocycles. The minimum atomic E-state index is -3.48. The fourth-order valence-electron chi connectivity index (χ4n) is 2.74. The summed E-state index contributed by atoms with van der Waals surface area (Å²) in [5.74, 6) is 0. The van der Waals surface area contributed by atoms with E-state index in [0.717, 1.165) is 31.5 Å². The first-order valence-corrected chi connectivity index (χ1v) is 8.47. The topological polar surface area (TPSA) is 67.4 Å². The lowest BCUT2D eigenvalue weighted by Crippen LogP contribution is -2.40. The molecule has 0 aliphatic carbocycles. The first-order chi connectivity index (χ1) is 9.49. The molecule has 1 aromatic carbocycles. The van der Waals surface area contributed by atoms with Crippen molar-refractivity contribution in [1.82, 2.24) is 4.72 Å². The van der Waals surface area contributed by atoms with E-state index in [-0.39, 0.29) is 5.60 Å². The van der Waals surface area contributed by atoms with Gasteiger partial charge in [-0.25, -0.2) is 13.1 Å². The van der Waals surface area contributed by atoms with E-state index in [9.17, 15) is 8.42 Å². The van der Waals surface area contributed by atoms with Gasteiger partial charge in [-0.2, -0.15) is 0 Å². The van der Waals surface area contributed by atoms with E-state index >= 15 is 0 Å². The number of anilines is 1. The predicted octanol–water partition coefficient (Wildman–Crippen LogP) is 1.50. The number of sulfonamides is 1. The molecule has 1 atom stereocenters. The van der Waals surface area contributed by atoms with Crippen LogP contribution in [0, 0.1) is 0 Å². The van der Waals surface area contributed by atoms with E-state index in [1.54, 1.807) is 12.1 Å². The van der Waals surface area contributed by atoms with E-state index in [0.29, 0.717) is 18.0 Å². The van der Waals surface area contributed by atoms with Crippen LogP contribution in [0.15, 0.2) is 23.1 Å². The third-order valence-corrected chi connectivity index (χ3v) is 5.44. The lowest BCUT2D eigenvalue weighted by molar-refractivity contribution is 0.0250. The van der Waals surface area contributed by atoms with Gasteiger partial charge in [0.15, 0.2) is 0 Å². The van der Waals surface area contributed by atoms with Crippen LogP contribution < -0.4 is 10.0 Å². The minimum Gasteiger partial charge on any atom is -0.384 e. The van der Waals surface area contributed by atoms with Gasteiger partial charge in [0.1, 0.15) is 0 Å². The first-order valence-electron chi connectivity index (χ1n) is 6.99. The molecule has 0 amide bonds. The number of hydrogen-bond acceptors (Lipinski definition) is 4. The zero-order chi connectivity index (χ0) is 14.2. The molecule has 1 unspecified atom stereocenters. The highest BCUT2D eigenvalue weighted by atomic mass is 32.2. The molecular formula is C14H20N2O3S. The van der Waals surface area contributed by atoms with Crippen LogP contribution in [0.2, 0.25) is 0 Å². The van der Waals surface area contributed by atoms with Gasteiger partial charge in [-0.3, -0.25) is 0 Å². The maximum Gasteiger partial charge on any atom is 0.240 e. The van der Waals surface area contributed by atoms with Crippen molar-refractivity contribution in [1.29, 1.82) is 0 Å². The Balaban J connectivity index is 1.74. The minimum absolute atomic E-state index is 0.312. The number of nitrogens with one attached hydrogen (secondary N) is 2. The highest BCUT2D eigenvalue weighted by Crippen LogP contribution is 2.27. The lowest BCUT2D eigenvalue weighted by atomic mass is 10.0. The van der Waals surface area contributed by atoms with E-state index in [2.05, 4.69) is 10.0 Å². The first kappa shape index (κ1) is 13.9. The van der Waals surface area contributed by atoms with Gasteiger partial charge in [0.25, 0.3) is 0 Å². The van der Waals surface area contributed by atoms with Crippen LogP contribution in [0.4, 0.5) is 5.69 Å². The molecule has 1 aromatic rings. The molecule has 0 aromatic heterocycles. The number of fused-ring (bicyclic) bond motifs is 1. The molecule has 110 valence electrons. The second-order valence-electron chi connectivity index (χ2n) is 5.72. The Hall–Kier alpha value is -1.11. The van der Waals surface area contributed by atoms with Crippen LogP contribution in [0.25, 0.3) is 0 Å². The molecule has 6 heteroatoms. The Morgan fingerprint density at radius 3 is 3.05 bits per heavy atom. The van der Waals surface area contributed by atoms with Crippen molar-refractivity contribution in [2.75, 3.05) is 25.0 Å². The van der Waals surface area contributed by atoms with Gasteiger partial charge >= 0.3 is 0 Å². The third-order valence-electron chi connectivity index (χ3n) is 4.04. The van der Waals surface area contributed by atoms with Gasteiger partial charge in [-0.05, 0) is 43.9 Å². The maximum atomic E-state index is 12.3. The van der Waals surface area contributed by atoms with Crippen molar-refractivity contribution < 1.29 is 13.2 Å². The van der Waals surface area contributed by atoms with Crippen molar-refractivity contribution in [3.8, 4) is 0 Å². The lowest BCUT2D eigenvalue weighted by Gasteiger charge is -2.23. The highest BCUT2D eigenvalue weighted by molar-refractivity contribution is 7.89. The number of hydrogen-bond donors (Lipinski definition) is 2. The summed E-state index contributed by atoms with van der Waals surface area (Å²) in [6.45, 7) is 3.85. The zero-order valence-electron chi connectivity index (χ0n) is 11.6. The quantitative estimate of drug-likeness (QED) is 0.883. The Kier molecular flexibility index (Phi) is 3.48. The molecule has 1 fully saturated rings. The number of benzene rings is 1. The summed E-state index contributed by atoms with van der Waals surface area (Å²) in [6.07, 6.45) is 2.83. The molecule has 5 nitrogen and oxygen atoms in total. The molecule has 0 radical (unpaired) electrons. The summed E-state index contributed by atoms with van der Waals surface area (Å²) in [6, 6.07) is 5.27. The molecule has 3 rings (SSSR count). The van der Waals surface area contributed by atoms with Crippen LogP contribution >= 0.6 is 0 Å². The van der Waals surface area contributed by atoms with Crippen molar-refractivity contribution in [3.05, 3.63) is 23.8 Å². The van der Waals surface area contributed by atoms with Gasteiger partial charge in [-0.1, -0.05) is 6.07 Å². The van der Waals surface area contributed by atoms with Crippen molar-refractivity contribution >= 4 is 15.7 Å². The smallest absolute Gasteiger partial charge is 0.240 e. The van der Waals surface area contributed by atoms with Crippen LogP contribution in [0.5, 0.6) is 0 Å². The monoisotopic (exact) mass is 296 g/mol. The SMILES string of the molecule is CC1(CNS(=O)(=O)c2ccc3c(c2)NCC3)CCCO1. The maximum absolute atomic E-state index is 12.3. The molecule has 0 spiro atoms.